The van der Waals surface area contributed by atoms with Crippen LogP contribution in [0.3, 0.4) is 0 Å². The van der Waals surface area contributed by atoms with Crippen LogP contribution in [-0.4, -0.2) is 25.5 Å². The smallest absolute Gasteiger partial charge is 0.322 e. The van der Waals surface area contributed by atoms with Crippen molar-refractivity contribution in [3.05, 3.63) is 41.3 Å². The molecule has 0 bridgehead atoms. The average Bonchev–Trinajstić information content (AvgIpc) is 2.34. The molecule has 0 spiro atoms. The lowest BCUT2D eigenvalue weighted by Crippen LogP contribution is -2.43. The van der Waals surface area contributed by atoms with Crippen molar-refractivity contribution in [3.63, 3.8) is 0 Å². The molecule has 1 atom stereocenters. The number of carbonyl (C=O) groups is 1. The van der Waals surface area contributed by atoms with Gasteiger partial charge in [0.1, 0.15) is 6.04 Å². The average molecular weight is 283 g/mol. The van der Waals surface area contributed by atoms with Crippen LogP contribution in [0.5, 0.6) is 0 Å². The second-order valence-corrected chi connectivity index (χ2v) is 6.03. The number of aliphatic carboxylic acids is 1. The third kappa shape index (κ3) is 5.23. The first-order valence-corrected chi connectivity index (χ1v) is 7.35. The molecule has 0 unspecified atom stereocenters. The van der Waals surface area contributed by atoms with E-state index in [4.69, 9.17) is 5.11 Å². The lowest BCUT2D eigenvalue weighted by Gasteiger charge is -2.16. The Kier molecular flexibility index (Phi) is 5.26. The SMILES string of the molecule is CC(C)[C@@H](NS(=O)(=O)C=Cc1ccccc1)C(=O)O. The number of nitrogens with one attached hydrogen (secondary N) is 1. The normalized spacial score (nSPS) is 13.8. The highest BCUT2D eigenvalue weighted by molar-refractivity contribution is 7.92. The topological polar surface area (TPSA) is 83.5 Å². The second-order valence-electron chi connectivity index (χ2n) is 4.44. The van der Waals surface area contributed by atoms with E-state index >= 15 is 0 Å². The molecule has 1 aromatic rings. The maximum Gasteiger partial charge on any atom is 0.322 e. The van der Waals surface area contributed by atoms with Gasteiger partial charge in [-0.2, -0.15) is 4.72 Å². The standard InChI is InChI=1S/C13H17NO4S/c1-10(2)12(13(15)16)14-19(17,18)9-8-11-6-4-3-5-7-11/h3-10,12,14H,1-2H3,(H,15,16)/t12-/m1/s1. The summed E-state index contributed by atoms with van der Waals surface area (Å²) in [7, 11) is -3.78. The van der Waals surface area contributed by atoms with Gasteiger partial charge in [-0.05, 0) is 17.6 Å². The molecule has 0 aliphatic carbocycles. The molecule has 104 valence electrons. The number of carboxylic acid groups (broad SMARTS) is 1. The minimum absolute atomic E-state index is 0.336. The maximum absolute atomic E-state index is 11.8. The number of benzene rings is 1. The molecule has 0 heterocycles. The molecule has 19 heavy (non-hydrogen) atoms. The molecule has 0 amide bonds. The first-order chi connectivity index (χ1) is 8.82. The summed E-state index contributed by atoms with van der Waals surface area (Å²) in [6.07, 6.45) is 1.42. The highest BCUT2D eigenvalue weighted by Crippen LogP contribution is 2.07. The molecule has 1 aromatic carbocycles. The Labute approximate surface area is 113 Å². The van der Waals surface area contributed by atoms with Gasteiger partial charge in [-0.25, -0.2) is 8.42 Å². The van der Waals surface area contributed by atoms with Gasteiger partial charge < -0.3 is 5.11 Å². The Balaban J connectivity index is 2.82. The van der Waals surface area contributed by atoms with Gasteiger partial charge in [-0.3, -0.25) is 4.79 Å². The Morgan fingerprint density at radius 3 is 2.32 bits per heavy atom. The Morgan fingerprint density at radius 2 is 1.84 bits per heavy atom. The summed E-state index contributed by atoms with van der Waals surface area (Å²) in [5, 5.41) is 9.91. The molecule has 0 saturated carbocycles. The van der Waals surface area contributed by atoms with Crippen molar-refractivity contribution < 1.29 is 18.3 Å². The van der Waals surface area contributed by atoms with E-state index in [1.807, 2.05) is 6.07 Å². The third-order valence-electron chi connectivity index (χ3n) is 2.46. The largest absolute Gasteiger partial charge is 0.480 e. The van der Waals surface area contributed by atoms with Gasteiger partial charge in [0.05, 0.1) is 0 Å². The van der Waals surface area contributed by atoms with E-state index in [2.05, 4.69) is 4.72 Å². The van der Waals surface area contributed by atoms with E-state index < -0.39 is 22.0 Å². The van der Waals surface area contributed by atoms with Crippen LogP contribution < -0.4 is 4.72 Å². The van der Waals surface area contributed by atoms with Crippen molar-refractivity contribution in [2.45, 2.75) is 19.9 Å². The molecular weight excluding hydrogens is 266 g/mol. The van der Waals surface area contributed by atoms with Crippen molar-refractivity contribution in [1.29, 1.82) is 0 Å². The fourth-order valence-corrected chi connectivity index (χ4v) is 2.56. The highest BCUT2D eigenvalue weighted by Gasteiger charge is 2.25. The van der Waals surface area contributed by atoms with E-state index in [-0.39, 0.29) is 5.92 Å². The minimum atomic E-state index is -3.78. The van der Waals surface area contributed by atoms with Gasteiger partial charge in [0, 0.05) is 5.41 Å². The second kappa shape index (κ2) is 6.49. The molecule has 0 aliphatic heterocycles. The molecule has 6 heteroatoms. The van der Waals surface area contributed by atoms with E-state index in [9.17, 15) is 13.2 Å². The molecular formula is C13H17NO4S. The van der Waals surface area contributed by atoms with Crippen LogP contribution >= 0.6 is 0 Å². The summed E-state index contributed by atoms with van der Waals surface area (Å²) >= 11 is 0. The van der Waals surface area contributed by atoms with Crippen molar-refractivity contribution in [1.82, 2.24) is 4.72 Å². The zero-order valence-electron chi connectivity index (χ0n) is 10.8. The fraction of sp³-hybridized carbons (Fsp3) is 0.308. The zero-order chi connectivity index (χ0) is 14.5. The van der Waals surface area contributed by atoms with Crippen LogP contribution in [0.1, 0.15) is 19.4 Å². The highest BCUT2D eigenvalue weighted by atomic mass is 32.2. The summed E-state index contributed by atoms with van der Waals surface area (Å²) < 4.78 is 25.7. The fourth-order valence-electron chi connectivity index (χ4n) is 1.42. The van der Waals surface area contributed by atoms with E-state index in [1.165, 1.54) is 6.08 Å². The Bertz CT molecular complexity index is 549. The molecule has 0 fully saturated rings. The van der Waals surface area contributed by atoms with Gasteiger partial charge in [-0.1, -0.05) is 44.2 Å². The lowest BCUT2D eigenvalue weighted by molar-refractivity contribution is -0.140. The van der Waals surface area contributed by atoms with Crippen molar-refractivity contribution in [3.8, 4) is 0 Å². The first kappa shape index (κ1) is 15.4. The summed E-state index contributed by atoms with van der Waals surface area (Å²) in [5.41, 5.74) is 0.726. The van der Waals surface area contributed by atoms with Gasteiger partial charge in [0.15, 0.2) is 0 Å². The van der Waals surface area contributed by atoms with E-state index in [0.717, 1.165) is 11.0 Å². The molecule has 5 nitrogen and oxygen atoms in total. The maximum atomic E-state index is 11.8. The molecule has 0 aliphatic rings. The Hall–Kier alpha value is -1.66. The van der Waals surface area contributed by atoms with Crippen LogP contribution in [-0.2, 0) is 14.8 Å². The van der Waals surface area contributed by atoms with Crippen molar-refractivity contribution in [2.75, 3.05) is 0 Å². The predicted octanol–water partition coefficient (Wildman–Crippen LogP) is 1.69. The number of hydrogen-bond donors (Lipinski definition) is 2. The molecule has 0 radical (unpaired) electrons. The summed E-state index contributed by atoms with van der Waals surface area (Å²) in [5.74, 6) is -1.52. The molecule has 1 rings (SSSR count). The molecule has 0 saturated heterocycles. The molecule has 0 aromatic heterocycles. The van der Waals surface area contributed by atoms with Gasteiger partial charge in [0.2, 0.25) is 10.0 Å². The summed E-state index contributed by atoms with van der Waals surface area (Å²) in [6.45, 7) is 3.28. The Morgan fingerprint density at radius 1 is 1.26 bits per heavy atom. The van der Waals surface area contributed by atoms with Crippen molar-refractivity contribution in [2.24, 2.45) is 5.92 Å². The van der Waals surface area contributed by atoms with Crippen LogP contribution in [0.4, 0.5) is 0 Å². The van der Waals surface area contributed by atoms with Crippen LogP contribution in [0.25, 0.3) is 6.08 Å². The zero-order valence-corrected chi connectivity index (χ0v) is 11.6. The number of rotatable bonds is 6. The van der Waals surface area contributed by atoms with E-state index in [0.29, 0.717) is 0 Å². The van der Waals surface area contributed by atoms with Gasteiger partial charge in [0.25, 0.3) is 0 Å². The van der Waals surface area contributed by atoms with E-state index in [1.54, 1.807) is 38.1 Å². The lowest BCUT2D eigenvalue weighted by atomic mass is 10.1. The van der Waals surface area contributed by atoms with Gasteiger partial charge >= 0.3 is 5.97 Å². The van der Waals surface area contributed by atoms with Crippen molar-refractivity contribution >= 4 is 22.1 Å². The predicted molar refractivity (Wildman–Crippen MR) is 73.8 cm³/mol. The summed E-state index contributed by atoms with van der Waals surface area (Å²) in [6, 6.07) is 7.77. The number of hydrogen-bond acceptors (Lipinski definition) is 3. The number of sulfonamides is 1. The molecule has 2 N–H and O–H groups in total. The third-order valence-corrected chi connectivity index (χ3v) is 3.54. The van der Waals surface area contributed by atoms with Crippen LogP contribution in [0, 0.1) is 5.92 Å². The minimum Gasteiger partial charge on any atom is -0.480 e. The monoisotopic (exact) mass is 283 g/mol. The first-order valence-electron chi connectivity index (χ1n) is 5.80. The summed E-state index contributed by atoms with van der Waals surface area (Å²) in [4.78, 5) is 10.9. The van der Waals surface area contributed by atoms with Crippen LogP contribution in [0.2, 0.25) is 0 Å². The quantitative estimate of drug-likeness (QED) is 0.832. The number of carboxylic acids is 1. The van der Waals surface area contributed by atoms with Crippen LogP contribution in [0.15, 0.2) is 35.7 Å². The van der Waals surface area contributed by atoms with Gasteiger partial charge in [-0.15, -0.1) is 0 Å².